The summed E-state index contributed by atoms with van der Waals surface area (Å²) in [6, 6.07) is 7.07. The van der Waals surface area contributed by atoms with Crippen molar-refractivity contribution in [3.63, 3.8) is 0 Å². The average molecular weight is 227 g/mol. The molecule has 0 saturated heterocycles. The van der Waals surface area contributed by atoms with Gasteiger partial charge in [-0.2, -0.15) is 0 Å². The number of allylic oxidation sites excluding steroid dienone is 1. The number of primary sulfonamides is 1. The molecular weight excluding hydrogens is 214 g/mol. The van der Waals surface area contributed by atoms with Gasteiger partial charge >= 0.3 is 0 Å². The van der Waals surface area contributed by atoms with Gasteiger partial charge in [-0.25, -0.2) is 13.6 Å². The van der Waals surface area contributed by atoms with Gasteiger partial charge in [0, 0.05) is 0 Å². The lowest BCUT2D eigenvalue weighted by Crippen LogP contribution is -2.12. The minimum atomic E-state index is -3.60. The Hall–Kier alpha value is -1.33. The maximum Gasteiger partial charge on any atom is 0.233 e. The Morgan fingerprint density at radius 3 is 2.67 bits per heavy atom. The molecule has 0 fully saturated rings. The summed E-state index contributed by atoms with van der Waals surface area (Å²) in [7, 11) is -2.05. The number of methoxy groups -OCH3 is 1. The lowest BCUT2D eigenvalue weighted by atomic mass is 10.2. The van der Waals surface area contributed by atoms with Crippen LogP contribution in [0.1, 0.15) is 12.5 Å². The Kier molecular flexibility index (Phi) is 3.49. The number of hydrogen-bond acceptors (Lipinski definition) is 3. The number of sulfonamides is 1. The van der Waals surface area contributed by atoms with Crippen molar-refractivity contribution < 1.29 is 13.2 Å². The number of hydrogen-bond donors (Lipinski definition) is 1. The number of rotatable bonds is 3. The molecule has 0 aliphatic rings. The highest BCUT2D eigenvalue weighted by molar-refractivity contribution is 7.93. The Bertz CT molecular complexity index is 477. The van der Waals surface area contributed by atoms with Crippen molar-refractivity contribution in [2.75, 3.05) is 7.11 Å². The van der Waals surface area contributed by atoms with E-state index in [0.29, 0.717) is 5.75 Å². The van der Waals surface area contributed by atoms with Gasteiger partial charge in [0.25, 0.3) is 0 Å². The first-order valence-corrected chi connectivity index (χ1v) is 5.83. The van der Waals surface area contributed by atoms with E-state index < -0.39 is 10.0 Å². The molecule has 0 radical (unpaired) electrons. The molecule has 82 valence electrons. The highest BCUT2D eigenvalue weighted by atomic mass is 32.2. The van der Waals surface area contributed by atoms with Crippen molar-refractivity contribution >= 4 is 16.1 Å². The molecule has 15 heavy (non-hydrogen) atoms. The van der Waals surface area contributed by atoms with E-state index in [1.165, 1.54) is 13.0 Å². The van der Waals surface area contributed by atoms with Gasteiger partial charge in [0.1, 0.15) is 5.75 Å². The fourth-order valence-electron chi connectivity index (χ4n) is 1.05. The molecule has 0 heterocycles. The molecular formula is C10H13NO3S. The van der Waals surface area contributed by atoms with E-state index in [1.807, 2.05) is 0 Å². The quantitative estimate of drug-likeness (QED) is 0.847. The summed E-state index contributed by atoms with van der Waals surface area (Å²) in [5.74, 6) is 0.672. The molecule has 4 nitrogen and oxygen atoms in total. The van der Waals surface area contributed by atoms with Gasteiger partial charge in [-0.3, -0.25) is 0 Å². The topological polar surface area (TPSA) is 69.4 Å². The second-order valence-electron chi connectivity index (χ2n) is 3.08. The summed E-state index contributed by atoms with van der Waals surface area (Å²) >= 11 is 0. The molecule has 2 N–H and O–H groups in total. The number of nitrogens with two attached hydrogens (primary N) is 1. The summed E-state index contributed by atoms with van der Waals surface area (Å²) in [6.45, 7) is 1.45. The predicted octanol–water partition coefficient (Wildman–Crippen LogP) is 1.34. The Balaban J connectivity index is 3.09. The van der Waals surface area contributed by atoms with Crippen LogP contribution in [-0.4, -0.2) is 15.5 Å². The predicted molar refractivity (Wildman–Crippen MR) is 59.8 cm³/mol. The van der Waals surface area contributed by atoms with Crippen LogP contribution in [0.5, 0.6) is 5.75 Å². The van der Waals surface area contributed by atoms with E-state index in [4.69, 9.17) is 9.88 Å². The smallest absolute Gasteiger partial charge is 0.233 e. The summed E-state index contributed by atoms with van der Waals surface area (Å²) in [5, 5.41) is 4.97. The maximum absolute atomic E-state index is 11.0. The lowest BCUT2D eigenvalue weighted by Gasteiger charge is -2.01. The second-order valence-corrected chi connectivity index (χ2v) is 4.81. The van der Waals surface area contributed by atoms with Crippen molar-refractivity contribution in [1.29, 1.82) is 0 Å². The zero-order valence-corrected chi connectivity index (χ0v) is 9.41. The lowest BCUT2D eigenvalue weighted by molar-refractivity contribution is 0.414. The van der Waals surface area contributed by atoms with Crippen LogP contribution in [0.4, 0.5) is 0 Å². The molecule has 5 heteroatoms. The van der Waals surface area contributed by atoms with Crippen LogP contribution in [0.2, 0.25) is 0 Å². The van der Waals surface area contributed by atoms with E-state index >= 15 is 0 Å². The highest BCUT2D eigenvalue weighted by Gasteiger charge is 2.05. The van der Waals surface area contributed by atoms with Gasteiger partial charge in [0.05, 0.1) is 12.0 Å². The minimum absolute atomic E-state index is 0.121. The fourth-order valence-corrected chi connectivity index (χ4v) is 1.35. The van der Waals surface area contributed by atoms with E-state index in [1.54, 1.807) is 31.4 Å². The van der Waals surface area contributed by atoms with Gasteiger partial charge in [-0.1, -0.05) is 12.1 Å². The van der Waals surface area contributed by atoms with Crippen LogP contribution < -0.4 is 9.88 Å². The molecule has 0 unspecified atom stereocenters. The Morgan fingerprint density at radius 2 is 2.13 bits per heavy atom. The van der Waals surface area contributed by atoms with Gasteiger partial charge in [0.2, 0.25) is 10.0 Å². The first kappa shape index (κ1) is 11.7. The summed E-state index contributed by atoms with van der Waals surface area (Å²) in [6.07, 6.45) is 1.50. The monoisotopic (exact) mass is 227 g/mol. The number of benzene rings is 1. The summed E-state index contributed by atoms with van der Waals surface area (Å²) in [5.41, 5.74) is 0.737. The van der Waals surface area contributed by atoms with Crippen molar-refractivity contribution in [3.8, 4) is 5.75 Å². The van der Waals surface area contributed by atoms with Crippen LogP contribution in [0.15, 0.2) is 29.2 Å². The molecule has 1 rings (SSSR count). The third-order valence-corrected chi connectivity index (χ3v) is 2.93. The molecule has 1 aromatic rings. The fraction of sp³-hybridized carbons (Fsp3) is 0.200. The van der Waals surface area contributed by atoms with Crippen LogP contribution in [-0.2, 0) is 10.0 Å². The normalized spacial score (nSPS) is 12.6. The van der Waals surface area contributed by atoms with Crippen LogP contribution in [0.25, 0.3) is 6.08 Å². The average Bonchev–Trinajstić information content (AvgIpc) is 2.16. The Morgan fingerprint density at radius 1 is 1.47 bits per heavy atom. The first-order valence-electron chi connectivity index (χ1n) is 4.28. The van der Waals surface area contributed by atoms with Crippen LogP contribution in [0, 0.1) is 0 Å². The molecule has 0 amide bonds. The second kappa shape index (κ2) is 4.46. The molecule has 0 aliphatic carbocycles. The van der Waals surface area contributed by atoms with Crippen molar-refractivity contribution in [2.45, 2.75) is 6.92 Å². The van der Waals surface area contributed by atoms with E-state index in [0.717, 1.165) is 5.56 Å². The van der Waals surface area contributed by atoms with Crippen LogP contribution >= 0.6 is 0 Å². The van der Waals surface area contributed by atoms with E-state index in [2.05, 4.69) is 0 Å². The molecule has 0 atom stereocenters. The van der Waals surface area contributed by atoms with Crippen molar-refractivity contribution in [2.24, 2.45) is 5.14 Å². The SMILES string of the molecule is COc1cccc(/C=C(\C)S(N)(=O)=O)c1. The molecule has 0 bridgehead atoms. The van der Waals surface area contributed by atoms with Gasteiger partial charge in [0.15, 0.2) is 0 Å². The highest BCUT2D eigenvalue weighted by Crippen LogP contribution is 2.16. The van der Waals surface area contributed by atoms with E-state index in [9.17, 15) is 8.42 Å². The molecule has 0 aliphatic heterocycles. The van der Waals surface area contributed by atoms with E-state index in [-0.39, 0.29) is 4.91 Å². The summed E-state index contributed by atoms with van der Waals surface area (Å²) in [4.78, 5) is 0.121. The standard InChI is InChI=1S/C10H13NO3S/c1-8(15(11,12)13)6-9-4-3-5-10(7-9)14-2/h3-7H,1-2H3,(H2,11,12,13)/b8-6+. The third-order valence-electron chi connectivity index (χ3n) is 1.91. The third kappa shape index (κ3) is 3.38. The molecule has 0 saturated carbocycles. The van der Waals surface area contributed by atoms with Crippen molar-refractivity contribution in [1.82, 2.24) is 0 Å². The zero-order valence-electron chi connectivity index (χ0n) is 8.60. The van der Waals surface area contributed by atoms with Gasteiger partial charge < -0.3 is 4.74 Å². The first-order chi connectivity index (χ1) is 6.93. The molecule has 0 aromatic heterocycles. The minimum Gasteiger partial charge on any atom is -0.497 e. The zero-order chi connectivity index (χ0) is 11.5. The molecule has 1 aromatic carbocycles. The van der Waals surface area contributed by atoms with Crippen LogP contribution in [0.3, 0.4) is 0 Å². The number of ether oxygens (including phenoxy) is 1. The van der Waals surface area contributed by atoms with Gasteiger partial charge in [-0.15, -0.1) is 0 Å². The summed E-state index contributed by atoms with van der Waals surface area (Å²) < 4.78 is 26.9. The Labute approximate surface area is 89.4 Å². The van der Waals surface area contributed by atoms with Crippen molar-refractivity contribution in [3.05, 3.63) is 34.7 Å². The largest absolute Gasteiger partial charge is 0.497 e. The molecule has 0 spiro atoms. The maximum atomic E-state index is 11.0. The van der Waals surface area contributed by atoms with Gasteiger partial charge in [-0.05, 0) is 30.7 Å².